The van der Waals surface area contributed by atoms with Crippen LogP contribution in [0.15, 0.2) is 30.3 Å². The molecule has 1 aliphatic heterocycles. The average Bonchev–Trinajstić information content (AvgIpc) is 2.34. The van der Waals surface area contributed by atoms with Gasteiger partial charge in [-0.15, -0.1) is 0 Å². The molecule has 1 aromatic carbocycles. The molecule has 0 radical (unpaired) electrons. The van der Waals surface area contributed by atoms with Crippen molar-refractivity contribution in [3.05, 3.63) is 35.9 Å². The van der Waals surface area contributed by atoms with E-state index in [0.717, 1.165) is 5.56 Å². The molecule has 18 heavy (non-hydrogen) atoms. The molecule has 1 unspecified atom stereocenters. The SMILES string of the molecule is CC(NC(=O)OCc1ccccc1)C1(O)COC1. The van der Waals surface area contributed by atoms with E-state index in [2.05, 4.69) is 5.32 Å². The van der Waals surface area contributed by atoms with Gasteiger partial charge in [-0.2, -0.15) is 0 Å². The molecule has 0 bridgehead atoms. The molecule has 5 nitrogen and oxygen atoms in total. The topological polar surface area (TPSA) is 67.8 Å². The third-order valence-electron chi connectivity index (χ3n) is 3.06. The molecule has 0 aliphatic carbocycles. The standard InChI is InChI=1S/C13H17NO4/c1-10(13(16)8-17-9-13)14-12(15)18-7-11-5-3-2-4-6-11/h2-6,10,16H,7-9H2,1H3,(H,14,15). The lowest BCUT2D eigenvalue weighted by molar-refractivity contribution is -0.190. The van der Waals surface area contributed by atoms with E-state index in [0.29, 0.717) is 0 Å². The Morgan fingerprint density at radius 2 is 2.17 bits per heavy atom. The highest BCUT2D eigenvalue weighted by atomic mass is 16.6. The van der Waals surface area contributed by atoms with Crippen molar-refractivity contribution in [1.82, 2.24) is 5.32 Å². The van der Waals surface area contributed by atoms with E-state index in [1.165, 1.54) is 0 Å². The lowest BCUT2D eigenvalue weighted by atomic mass is 9.94. The highest BCUT2D eigenvalue weighted by Crippen LogP contribution is 2.20. The quantitative estimate of drug-likeness (QED) is 0.839. The second-order valence-electron chi connectivity index (χ2n) is 4.52. The molecule has 1 amide bonds. The smallest absolute Gasteiger partial charge is 0.407 e. The van der Waals surface area contributed by atoms with Gasteiger partial charge < -0.3 is 19.9 Å². The number of carbonyl (C=O) groups excluding carboxylic acids is 1. The van der Waals surface area contributed by atoms with Crippen molar-refractivity contribution in [1.29, 1.82) is 0 Å². The van der Waals surface area contributed by atoms with Crippen molar-refractivity contribution in [3.8, 4) is 0 Å². The molecule has 0 aromatic heterocycles. The van der Waals surface area contributed by atoms with Crippen molar-refractivity contribution in [2.24, 2.45) is 0 Å². The van der Waals surface area contributed by atoms with E-state index in [1.807, 2.05) is 30.3 Å². The number of benzene rings is 1. The van der Waals surface area contributed by atoms with E-state index in [-0.39, 0.29) is 19.8 Å². The number of hydrogen-bond donors (Lipinski definition) is 2. The van der Waals surface area contributed by atoms with Gasteiger partial charge in [-0.1, -0.05) is 30.3 Å². The van der Waals surface area contributed by atoms with Gasteiger partial charge in [-0.3, -0.25) is 0 Å². The van der Waals surface area contributed by atoms with Crippen LogP contribution >= 0.6 is 0 Å². The molecular formula is C13H17NO4. The van der Waals surface area contributed by atoms with Crippen LogP contribution in [0.25, 0.3) is 0 Å². The Morgan fingerprint density at radius 3 is 2.72 bits per heavy atom. The number of alkyl carbamates (subject to hydrolysis) is 1. The van der Waals surface area contributed by atoms with E-state index >= 15 is 0 Å². The van der Waals surface area contributed by atoms with Crippen LogP contribution in [0, 0.1) is 0 Å². The summed E-state index contributed by atoms with van der Waals surface area (Å²) in [7, 11) is 0. The first-order valence-electron chi connectivity index (χ1n) is 5.87. The number of aliphatic hydroxyl groups is 1. The van der Waals surface area contributed by atoms with Gasteiger partial charge in [-0.05, 0) is 12.5 Å². The van der Waals surface area contributed by atoms with Crippen LogP contribution < -0.4 is 5.32 Å². The highest BCUT2D eigenvalue weighted by Gasteiger charge is 2.42. The van der Waals surface area contributed by atoms with Gasteiger partial charge in [0.25, 0.3) is 0 Å². The summed E-state index contributed by atoms with van der Waals surface area (Å²) in [6, 6.07) is 9.03. The Bertz CT molecular complexity index is 403. The molecule has 1 aromatic rings. The predicted octanol–water partition coefficient (Wildman–Crippen LogP) is 1.06. The second-order valence-corrected chi connectivity index (χ2v) is 4.52. The second kappa shape index (κ2) is 5.37. The molecule has 98 valence electrons. The number of amides is 1. The first kappa shape index (κ1) is 12.9. The summed E-state index contributed by atoms with van der Waals surface area (Å²) in [5.74, 6) is 0. The van der Waals surface area contributed by atoms with Crippen LogP contribution in [0.1, 0.15) is 12.5 Å². The van der Waals surface area contributed by atoms with E-state index in [9.17, 15) is 9.90 Å². The van der Waals surface area contributed by atoms with Crippen LogP contribution in [0.2, 0.25) is 0 Å². The Kier molecular flexibility index (Phi) is 3.84. The fourth-order valence-corrected chi connectivity index (χ4v) is 1.64. The van der Waals surface area contributed by atoms with Gasteiger partial charge in [0.2, 0.25) is 0 Å². The number of nitrogens with one attached hydrogen (secondary N) is 1. The largest absolute Gasteiger partial charge is 0.445 e. The van der Waals surface area contributed by atoms with Gasteiger partial charge in [-0.25, -0.2) is 4.79 Å². The zero-order valence-corrected chi connectivity index (χ0v) is 10.3. The fourth-order valence-electron chi connectivity index (χ4n) is 1.64. The van der Waals surface area contributed by atoms with E-state index < -0.39 is 17.7 Å². The van der Waals surface area contributed by atoms with Crippen molar-refractivity contribution >= 4 is 6.09 Å². The zero-order chi connectivity index (χ0) is 13.0. The van der Waals surface area contributed by atoms with Gasteiger partial charge in [0.05, 0.1) is 19.3 Å². The Labute approximate surface area is 106 Å². The summed E-state index contributed by atoms with van der Waals surface area (Å²) in [6.07, 6.45) is -0.535. The third-order valence-corrected chi connectivity index (χ3v) is 3.06. The molecule has 1 heterocycles. The fraction of sp³-hybridized carbons (Fsp3) is 0.462. The minimum Gasteiger partial charge on any atom is -0.445 e. The minimum atomic E-state index is -0.967. The Hall–Kier alpha value is -1.59. The summed E-state index contributed by atoms with van der Waals surface area (Å²) in [5, 5.41) is 12.5. The maximum atomic E-state index is 11.5. The van der Waals surface area contributed by atoms with Gasteiger partial charge >= 0.3 is 6.09 Å². The normalized spacial score (nSPS) is 18.6. The van der Waals surface area contributed by atoms with Crippen LogP contribution in [0.3, 0.4) is 0 Å². The number of ether oxygens (including phenoxy) is 2. The predicted molar refractivity (Wildman–Crippen MR) is 65.0 cm³/mol. The zero-order valence-electron chi connectivity index (χ0n) is 10.3. The van der Waals surface area contributed by atoms with Crippen LogP contribution in [-0.2, 0) is 16.1 Å². The molecule has 1 saturated heterocycles. The summed E-state index contributed by atoms with van der Waals surface area (Å²) in [4.78, 5) is 11.5. The summed E-state index contributed by atoms with van der Waals surface area (Å²) in [6.45, 7) is 2.43. The molecule has 2 rings (SSSR count). The van der Waals surface area contributed by atoms with Crippen molar-refractivity contribution in [2.75, 3.05) is 13.2 Å². The first-order valence-corrected chi connectivity index (χ1v) is 5.87. The number of hydrogen-bond acceptors (Lipinski definition) is 4. The molecule has 2 N–H and O–H groups in total. The lowest BCUT2D eigenvalue weighted by Crippen LogP contribution is -2.62. The molecule has 0 saturated carbocycles. The number of carbonyl (C=O) groups is 1. The maximum absolute atomic E-state index is 11.5. The monoisotopic (exact) mass is 251 g/mol. The van der Waals surface area contributed by atoms with Gasteiger partial charge in [0, 0.05) is 0 Å². The highest BCUT2D eigenvalue weighted by molar-refractivity contribution is 5.67. The average molecular weight is 251 g/mol. The molecule has 1 aliphatic rings. The Morgan fingerprint density at radius 1 is 1.50 bits per heavy atom. The first-order chi connectivity index (χ1) is 8.60. The maximum Gasteiger partial charge on any atom is 0.407 e. The summed E-state index contributed by atoms with van der Waals surface area (Å²) >= 11 is 0. The minimum absolute atomic E-state index is 0.217. The molecule has 0 spiro atoms. The van der Waals surface area contributed by atoms with Gasteiger partial charge in [0.15, 0.2) is 0 Å². The lowest BCUT2D eigenvalue weighted by Gasteiger charge is -2.40. The van der Waals surface area contributed by atoms with Crippen molar-refractivity contribution in [3.63, 3.8) is 0 Å². The molecule has 1 fully saturated rings. The van der Waals surface area contributed by atoms with Gasteiger partial charge in [0.1, 0.15) is 12.2 Å². The van der Waals surface area contributed by atoms with Crippen molar-refractivity contribution in [2.45, 2.75) is 25.2 Å². The Balaban J connectivity index is 1.75. The molecule has 1 atom stereocenters. The van der Waals surface area contributed by atoms with Crippen LogP contribution in [0.5, 0.6) is 0 Å². The van der Waals surface area contributed by atoms with Crippen LogP contribution in [-0.4, -0.2) is 36.1 Å². The molecule has 5 heteroatoms. The number of rotatable bonds is 4. The van der Waals surface area contributed by atoms with Crippen molar-refractivity contribution < 1.29 is 19.4 Å². The summed E-state index contributed by atoms with van der Waals surface area (Å²) in [5.41, 5.74) is -0.0443. The molecular weight excluding hydrogens is 234 g/mol. The third kappa shape index (κ3) is 3.00. The van der Waals surface area contributed by atoms with E-state index in [4.69, 9.17) is 9.47 Å². The summed E-state index contributed by atoms with van der Waals surface area (Å²) < 4.78 is 9.99. The van der Waals surface area contributed by atoms with E-state index in [1.54, 1.807) is 6.92 Å². The van der Waals surface area contributed by atoms with Crippen LogP contribution in [0.4, 0.5) is 4.79 Å².